The van der Waals surface area contributed by atoms with E-state index >= 15 is 0 Å². The van der Waals surface area contributed by atoms with Crippen molar-refractivity contribution in [3.8, 4) is 11.5 Å². The highest BCUT2D eigenvalue weighted by atomic mass is 35.5. The van der Waals surface area contributed by atoms with E-state index in [-0.39, 0.29) is 12.4 Å². The third-order valence-electron chi connectivity index (χ3n) is 4.01. The van der Waals surface area contributed by atoms with Crippen molar-refractivity contribution in [2.45, 2.75) is 6.92 Å². The van der Waals surface area contributed by atoms with Gasteiger partial charge in [-0.25, -0.2) is 5.01 Å². The number of nitrogens with one attached hydrogen (secondary N) is 1. The van der Waals surface area contributed by atoms with Crippen LogP contribution in [0.5, 0.6) is 11.5 Å². The van der Waals surface area contributed by atoms with Crippen LogP contribution >= 0.6 is 11.6 Å². The number of hydrogen-bond donors (Lipinski definition) is 1. The lowest BCUT2D eigenvalue weighted by atomic mass is 10.1. The van der Waals surface area contributed by atoms with Crippen molar-refractivity contribution in [3.05, 3.63) is 58.1 Å². The molecule has 0 aliphatic carbocycles. The van der Waals surface area contributed by atoms with Crippen LogP contribution in [0.4, 0.5) is 5.69 Å². The number of carbonyl (C=O) groups is 2. The minimum atomic E-state index is -0.473. The fourth-order valence-electron chi connectivity index (χ4n) is 2.63. The lowest BCUT2D eigenvalue weighted by Gasteiger charge is -2.15. The second kappa shape index (κ2) is 5.82. The van der Waals surface area contributed by atoms with Crippen LogP contribution in [0.1, 0.15) is 11.1 Å². The molecular weight excluding hydrogens is 344 g/mol. The quantitative estimate of drug-likeness (QED) is 0.663. The first-order chi connectivity index (χ1) is 12.0. The molecule has 0 aromatic heterocycles. The summed E-state index contributed by atoms with van der Waals surface area (Å²) in [6.07, 6.45) is 1.52. The van der Waals surface area contributed by atoms with Crippen molar-refractivity contribution >= 4 is 35.2 Å². The zero-order valence-corrected chi connectivity index (χ0v) is 14.0. The molecule has 0 radical (unpaired) electrons. The van der Waals surface area contributed by atoms with Gasteiger partial charge in [0.05, 0.1) is 5.69 Å². The summed E-state index contributed by atoms with van der Waals surface area (Å²) < 4.78 is 10.6. The van der Waals surface area contributed by atoms with Gasteiger partial charge in [0.15, 0.2) is 11.5 Å². The first-order valence-corrected chi connectivity index (χ1v) is 7.94. The first kappa shape index (κ1) is 15.5. The van der Waals surface area contributed by atoms with Crippen LogP contribution < -0.4 is 19.9 Å². The lowest BCUT2D eigenvalue weighted by molar-refractivity contribution is -0.117. The lowest BCUT2D eigenvalue weighted by Crippen LogP contribution is -2.35. The molecule has 6 nitrogen and oxygen atoms in total. The van der Waals surface area contributed by atoms with Gasteiger partial charge in [0.1, 0.15) is 5.57 Å². The van der Waals surface area contributed by atoms with E-state index in [9.17, 15) is 9.59 Å². The second-order valence-corrected chi connectivity index (χ2v) is 6.09. The molecule has 2 aliphatic heterocycles. The second-order valence-electron chi connectivity index (χ2n) is 5.69. The molecule has 0 unspecified atom stereocenters. The number of rotatable bonds is 2. The van der Waals surface area contributed by atoms with Crippen LogP contribution in [0, 0.1) is 6.92 Å². The van der Waals surface area contributed by atoms with Gasteiger partial charge in [0, 0.05) is 5.02 Å². The fourth-order valence-corrected chi connectivity index (χ4v) is 2.80. The van der Waals surface area contributed by atoms with Crippen molar-refractivity contribution in [1.82, 2.24) is 5.43 Å². The van der Waals surface area contributed by atoms with Crippen LogP contribution in [-0.4, -0.2) is 18.6 Å². The van der Waals surface area contributed by atoms with Crippen molar-refractivity contribution in [2.24, 2.45) is 0 Å². The molecule has 2 aliphatic rings. The summed E-state index contributed by atoms with van der Waals surface area (Å²) in [5, 5.41) is 1.71. The Morgan fingerprint density at radius 3 is 2.72 bits per heavy atom. The number of amides is 2. The normalized spacial score (nSPS) is 17.4. The van der Waals surface area contributed by atoms with Gasteiger partial charge in [-0.1, -0.05) is 23.7 Å². The van der Waals surface area contributed by atoms with Gasteiger partial charge in [-0.2, -0.15) is 0 Å². The highest BCUT2D eigenvalue weighted by Crippen LogP contribution is 2.33. The smallest absolute Gasteiger partial charge is 0.282 e. The summed E-state index contributed by atoms with van der Waals surface area (Å²) in [5.41, 5.74) is 4.65. The third-order valence-corrected chi connectivity index (χ3v) is 4.42. The zero-order chi connectivity index (χ0) is 17.6. The zero-order valence-electron chi connectivity index (χ0n) is 13.2. The van der Waals surface area contributed by atoms with Crippen LogP contribution in [0.2, 0.25) is 5.02 Å². The van der Waals surface area contributed by atoms with Crippen LogP contribution in [0.25, 0.3) is 6.08 Å². The Morgan fingerprint density at radius 1 is 1.12 bits per heavy atom. The van der Waals surface area contributed by atoms with Gasteiger partial charge in [-0.15, -0.1) is 0 Å². The molecule has 2 heterocycles. The monoisotopic (exact) mass is 356 g/mol. The van der Waals surface area contributed by atoms with E-state index in [4.69, 9.17) is 21.1 Å². The number of carbonyl (C=O) groups excluding carboxylic acids is 2. The van der Waals surface area contributed by atoms with E-state index in [2.05, 4.69) is 5.43 Å². The average Bonchev–Trinajstić information content (AvgIpc) is 3.16. The Labute approximate surface area is 148 Å². The van der Waals surface area contributed by atoms with E-state index < -0.39 is 11.8 Å². The number of benzene rings is 2. The summed E-state index contributed by atoms with van der Waals surface area (Å²) in [6, 6.07) is 10.4. The molecule has 1 saturated heterocycles. The van der Waals surface area contributed by atoms with Gasteiger partial charge in [0.2, 0.25) is 6.79 Å². The third kappa shape index (κ3) is 2.70. The number of hydrazine groups is 1. The molecular formula is C18H13ClN2O4. The summed E-state index contributed by atoms with van der Waals surface area (Å²) in [6.45, 7) is 2.03. The standard InChI is InChI=1S/C18H13ClN2O4/c1-10-2-4-12(8-14(10)19)21-18(23)13(17(22)20-21)6-11-3-5-15-16(7-11)25-9-24-15/h2-8H,9H2,1H3,(H,20,22)/b13-6-. The summed E-state index contributed by atoms with van der Waals surface area (Å²) in [7, 11) is 0. The molecule has 2 aromatic rings. The van der Waals surface area contributed by atoms with Gasteiger partial charge in [0.25, 0.3) is 11.8 Å². The Kier molecular flexibility index (Phi) is 3.62. The molecule has 1 fully saturated rings. The summed E-state index contributed by atoms with van der Waals surface area (Å²) in [5.74, 6) is 0.310. The minimum Gasteiger partial charge on any atom is -0.454 e. The molecule has 0 atom stereocenters. The van der Waals surface area contributed by atoms with E-state index in [1.165, 1.54) is 11.1 Å². The maximum atomic E-state index is 12.6. The Hall–Kier alpha value is -2.99. The number of halogens is 1. The highest BCUT2D eigenvalue weighted by molar-refractivity contribution is 6.33. The van der Waals surface area contributed by atoms with Gasteiger partial charge >= 0.3 is 0 Å². The highest BCUT2D eigenvalue weighted by Gasteiger charge is 2.34. The topological polar surface area (TPSA) is 67.9 Å². The average molecular weight is 357 g/mol. The van der Waals surface area contributed by atoms with Crippen LogP contribution in [-0.2, 0) is 9.59 Å². The van der Waals surface area contributed by atoms with Crippen molar-refractivity contribution < 1.29 is 19.1 Å². The van der Waals surface area contributed by atoms with Gasteiger partial charge in [-0.05, 0) is 48.4 Å². The molecule has 7 heteroatoms. The van der Waals surface area contributed by atoms with E-state index in [0.29, 0.717) is 27.8 Å². The molecule has 0 bridgehead atoms. The Balaban J connectivity index is 1.66. The molecule has 126 valence electrons. The van der Waals surface area contributed by atoms with Crippen LogP contribution in [0.15, 0.2) is 42.0 Å². The molecule has 25 heavy (non-hydrogen) atoms. The summed E-state index contributed by atoms with van der Waals surface area (Å²) in [4.78, 5) is 24.9. The largest absolute Gasteiger partial charge is 0.454 e. The van der Waals surface area contributed by atoms with Crippen molar-refractivity contribution in [1.29, 1.82) is 0 Å². The molecule has 2 aromatic carbocycles. The number of anilines is 1. The number of nitrogens with zero attached hydrogens (tertiary/aromatic N) is 1. The predicted octanol–water partition coefficient (Wildman–Crippen LogP) is 2.84. The molecule has 1 N–H and O–H groups in total. The molecule has 4 rings (SSSR count). The Morgan fingerprint density at radius 2 is 1.92 bits per heavy atom. The van der Waals surface area contributed by atoms with E-state index in [0.717, 1.165) is 5.56 Å². The molecule has 0 spiro atoms. The van der Waals surface area contributed by atoms with E-state index in [1.807, 2.05) is 6.92 Å². The van der Waals surface area contributed by atoms with E-state index in [1.54, 1.807) is 36.4 Å². The first-order valence-electron chi connectivity index (χ1n) is 7.56. The maximum Gasteiger partial charge on any atom is 0.282 e. The number of aryl methyl sites for hydroxylation is 1. The predicted molar refractivity (Wildman–Crippen MR) is 92.4 cm³/mol. The van der Waals surface area contributed by atoms with Crippen molar-refractivity contribution in [2.75, 3.05) is 11.8 Å². The van der Waals surface area contributed by atoms with Gasteiger partial charge < -0.3 is 9.47 Å². The maximum absolute atomic E-state index is 12.6. The molecule has 2 amide bonds. The molecule has 0 saturated carbocycles. The van der Waals surface area contributed by atoms with Crippen molar-refractivity contribution in [3.63, 3.8) is 0 Å². The van der Waals surface area contributed by atoms with Gasteiger partial charge in [-0.3, -0.25) is 15.0 Å². The fraction of sp³-hybridized carbons (Fsp3) is 0.111. The summed E-state index contributed by atoms with van der Waals surface area (Å²) >= 11 is 6.11. The number of ether oxygens (including phenoxy) is 2. The SMILES string of the molecule is Cc1ccc(N2NC(=O)/C(=C/c3ccc4c(c3)OCO4)C2=O)cc1Cl. The van der Waals surface area contributed by atoms with Crippen LogP contribution in [0.3, 0.4) is 0 Å². The number of hydrogen-bond acceptors (Lipinski definition) is 4. The minimum absolute atomic E-state index is 0.0376. The number of fused-ring (bicyclic) bond motifs is 1. The Bertz CT molecular complexity index is 939.